The monoisotopic (exact) mass is 227 g/mol. The molecule has 1 aromatic carbocycles. The number of carbonyl (C=O) groups excluding carboxylic acids is 1. The Morgan fingerprint density at radius 1 is 1.27 bits per heavy atom. The van der Waals surface area contributed by atoms with E-state index in [9.17, 15) is 18.4 Å². The second-order valence-electron chi connectivity index (χ2n) is 2.84. The highest BCUT2D eigenvalue weighted by molar-refractivity contribution is 7.79. The minimum absolute atomic E-state index is 0.0640. The summed E-state index contributed by atoms with van der Waals surface area (Å²) in [5.41, 5.74) is -0.156. The molecule has 0 radical (unpaired) electrons. The van der Waals surface area contributed by atoms with Gasteiger partial charge in [-0.3, -0.25) is 9.00 Å². The molecule has 0 aliphatic heterocycles. The SMILES string of the molecule is CC(=O)c1cc(C(=O)O)cc(S(=O)[O-])c1. The summed E-state index contributed by atoms with van der Waals surface area (Å²) in [6.45, 7) is 1.23. The van der Waals surface area contributed by atoms with E-state index in [2.05, 4.69) is 0 Å². The smallest absolute Gasteiger partial charge is 0.335 e. The number of Topliss-reactive ketones (excluding diaryl/α,β-unsaturated/α-hetero) is 1. The predicted octanol–water partition coefficient (Wildman–Crippen LogP) is 0.825. The lowest BCUT2D eigenvalue weighted by Crippen LogP contribution is -2.03. The van der Waals surface area contributed by atoms with Crippen LogP contribution in [0.5, 0.6) is 0 Å². The predicted molar refractivity (Wildman–Crippen MR) is 50.6 cm³/mol. The largest absolute Gasteiger partial charge is 0.768 e. The Morgan fingerprint density at radius 3 is 2.20 bits per heavy atom. The third kappa shape index (κ3) is 2.71. The molecule has 5 nitrogen and oxygen atoms in total. The van der Waals surface area contributed by atoms with Gasteiger partial charge in [-0.25, -0.2) is 4.79 Å². The average Bonchev–Trinajstić information content (AvgIpc) is 2.16. The summed E-state index contributed by atoms with van der Waals surface area (Å²) in [6.07, 6.45) is 0. The molecule has 0 saturated carbocycles. The van der Waals surface area contributed by atoms with Crippen molar-refractivity contribution < 1.29 is 23.5 Å². The standard InChI is InChI=1S/C9H8O5S/c1-5(10)6-2-7(9(11)12)4-8(3-6)15(13)14/h2-4H,1H3,(H,11,12)(H,13,14)/p-1. The summed E-state index contributed by atoms with van der Waals surface area (Å²) in [5, 5.41) is 8.68. The van der Waals surface area contributed by atoms with E-state index < -0.39 is 17.0 Å². The molecule has 0 saturated heterocycles. The Labute approximate surface area is 88.0 Å². The number of hydrogen-bond donors (Lipinski definition) is 1. The lowest BCUT2D eigenvalue weighted by Gasteiger charge is -2.07. The first kappa shape index (κ1) is 11.5. The molecular formula is C9H7O5S-. The number of carbonyl (C=O) groups is 2. The normalized spacial score (nSPS) is 12.1. The van der Waals surface area contributed by atoms with E-state index in [0.29, 0.717) is 0 Å². The van der Waals surface area contributed by atoms with Crippen LogP contribution in [-0.4, -0.2) is 25.6 Å². The highest BCUT2D eigenvalue weighted by Gasteiger charge is 2.09. The van der Waals surface area contributed by atoms with E-state index in [0.717, 1.165) is 18.2 Å². The number of ketones is 1. The van der Waals surface area contributed by atoms with Crippen molar-refractivity contribution in [3.63, 3.8) is 0 Å². The summed E-state index contributed by atoms with van der Waals surface area (Å²) in [6, 6.07) is 3.27. The first-order chi connectivity index (χ1) is 6.91. The van der Waals surface area contributed by atoms with Gasteiger partial charge in [0.15, 0.2) is 5.78 Å². The van der Waals surface area contributed by atoms with E-state index in [-0.39, 0.29) is 21.8 Å². The van der Waals surface area contributed by atoms with Gasteiger partial charge in [0, 0.05) is 10.5 Å². The third-order valence-corrected chi connectivity index (χ3v) is 2.37. The number of carboxylic acid groups (broad SMARTS) is 1. The minimum atomic E-state index is -2.55. The molecule has 1 rings (SSSR count). The van der Waals surface area contributed by atoms with Crippen LogP contribution in [0.25, 0.3) is 0 Å². The van der Waals surface area contributed by atoms with E-state index in [4.69, 9.17) is 5.11 Å². The van der Waals surface area contributed by atoms with Gasteiger partial charge in [0.05, 0.1) is 5.56 Å². The number of aromatic carboxylic acids is 1. The lowest BCUT2D eigenvalue weighted by atomic mass is 10.1. The van der Waals surface area contributed by atoms with Crippen LogP contribution in [0.2, 0.25) is 0 Å². The molecule has 80 valence electrons. The molecular weight excluding hydrogens is 220 g/mol. The topological polar surface area (TPSA) is 94.5 Å². The fourth-order valence-electron chi connectivity index (χ4n) is 1.02. The van der Waals surface area contributed by atoms with E-state index in [1.54, 1.807) is 0 Å². The Kier molecular flexibility index (Phi) is 3.33. The zero-order valence-electron chi connectivity index (χ0n) is 7.72. The van der Waals surface area contributed by atoms with Crippen LogP contribution in [0.3, 0.4) is 0 Å². The molecule has 15 heavy (non-hydrogen) atoms. The second-order valence-corrected chi connectivity index (χ2v) is 3.78. The maximum absolute atomic E-state index is 11.0. The van der Waals surface area contributed by atoms with Crippen LogP contribution >= 0.6 is 0 Å². The molecule has 1 aromatic rings. The van der Waals surface area contributed by atoms with E-state index >= 15 is 0 Å². The fourth-order valence-corrected chi connectivity index (χ4v) is 1.47. The maximum atomic E-state index is 11.0. The van der Waals surface area contributed by atoms with Crippen LogP contribution in [0.1, 0.15) is 27.6 Å². The molecule has 0 fully saturated rings. The van der Waals surface area contributed by atoms with Gasteiger partial charge in [0.1, 0.15) is 0 Å². The molecule has 0 amide bonds. The molecule has 1 unspecified atom stereocenters. The van der Waals surface area contributed by atoms with Gasteiger partial charge in [0.25, 0.3) is 0 Å². The summed E-state index contributed by atoms with van der Waals surface area (Å²) in [7, 11) is 0. The summed E-state index contributed by atoms with van der Waals surface area (Å²) in [4.78, 5) is 21.4. The van der Waals surface area contributed by atoms with Crippen LogP contribution < -0.4 is 0 Å². The van der Waals surface area contributed by atoms with Crippen LogP contribution in [0.4, 0.5) is 0 Å². The summed E-state index contributed by atoms with van der Waals surface area (Å²) in [5.74, 6) is -1.66. The summed E-state index contributed by atoms with van der Waals surface area (Å²) < 4.78 is 21.3. The van der Waals surface area contributed by atoms with E-state index in [1.165, 1.54) is 6.92 Å². The quantitative estimate of drug-likeness (QED) is 0.609. The highest BCUT2D eigenvalue weighted by atomic mass is 32.2. The Bertz CT molecular complexity index is 373. The third-order valence-electron chi connectivity index (χ3n) is 1.75. The lowest BCUT2D eigenvalue weighted by molar-refractivity contribution is 0.0696. The first-order valence-electron chi connectivity index (χ1n) is 3.90. The van der Waals surface area contributed by atoms with Crippen LogP contribution in [-0.2, 0) is 11.1 Å². The van der Waals surface area contributed by atoms with Gasteiger partial charge in [-0.05, 0) is 36.2 Å². The molecule has 1 N–H and O–H groups in total. The molecule has 0 heterocycles. The van der Waals surface area contributed by atoms with Gasteiger partial charge in [-0.2, -0.15) is 0 Å². The molecule has 0 bridgehead atoms. The van der Waals surface area contributed by atoms with Crippen molar-refractivity contribution in [1.82, 2.24) is 0 Å². The fraction of sp³-hybridized carbons (Fsp3) is 0.111. The highest BCUT2D eigenvalue weighted by Crippen LogP contribution is 2.13. The Morgan fingerprint density at radius 2 is 1.80 bits per heavy atom. The van der Waals surface area contributed by atoms with Crippen molar-refractivity contribution in [3.05, 3.63) is 29.3 Å². The molecule has 0 spiro atoms. The van der Waals surface area contributed by atoms with Crippen molar-refractivity contribution in [1.29, 1.82) is 0 Å². The number of rotatable bonds is 3. The molecule has 0 aromatic heterocycles. The van der Waals surface area contributed by atoms with Gasteiger partial charge >= 0.3 is 5.97 Å². The maximum Gasteiger partial charge on any atom is 0.335 e. The Hall–Kier alpha value is -1.53. The average molecular weight is 227 g/mol. The van der Waals surface area contributed by atoms with Crippen molar-refractivity contribution >= 4 is 22.8 Å². The Balaban J connectivity index is 3.39. The minimum Gasteiger partial charge on any atom is -0.768 e. The molecule has 0 aliphatic rings. The zero-order valence-corrected chi connectivity index (χ0v) is 8.54. The number of benzene rings is 1. The van der Waals surface area contributed by atoms with Gasteiger partial charge in [-0.1, -0.05) is 0 Å². The van der Waals surface area contributed by atoms with Crippen molar-refractivity contribution in [2.45, 2.75) is 11.8 Å². The summed E-state index contributed by atoms with van der Waals surface area (Å²) >= 11 is -2.55. The number of carboxylic acids is 1. The van der Waals surface area contributed by atoms with Gasteiger partial charge < -0.3 is 9.66 Å². The van der Waals surface area contributed by atoms with Gasteiger partial charge in [0.2, 0.25) is 0 Å². The van der Waals surface area contributed by atoms with E-state index in [1.807, 2.05) is 0 Å². The van der Waals surface area contributed by atoms with Crippen LogP contribution in [0.15, 0.2) is 23.1 Å². The van der Waals surface area contributed by atoms with Crippen LogP contribution in [0, 0.1) is 0 Å². The molecule has 0 aliphatic carbocycles. The van der Waals surface area contributed by atoms with Gasteiger partial charge in [-0.15, -0.1) is 0 Å². The first-order valence-corrected chi connectivity index (χ1v) is 4.98. The molecule has 6 heteroatoms. The second kappa shape index (κ2) is 4.33. The zero-order chi connectivity index (χ0) is 11.6. The van der Waals surface area contributed by atoms with Crippen molar-refractivity contribution in [2.24, 2.45) is 0 Å². The van der Waals surface area contributed by atoms with Crippen molar-refractivity contribution in [3.8, 4) is 0 Å². The van der Waals surface area contributed by atoms with Crippen molar-refractivity contribution in [2.75, 3.05) is 0 Å². The molecule has 1 atom stereocenters. The number of hydrogen-bond acceptors (Lipinski definition) is 4.